The van der Waals surface area contributed by atoms with E-state index in [1.807, 2.05) is 12.1 Å². The summed E-state index contributed by atoms with van der Waals surface area (Å²) in [6.07, 6.45) is 0.573. The van der Waals surface area contributed by atoms with E-state index in [0.717, 1.165) is 22.6 Å². The Kier molecular flexibility index (Phi) is 4.40. The van der Waals surface area contributed by atoms with Gasteiger partial charge in [-0.25, -0.2) is 0 Å². The van der Waals surface area contributed by atoms with Crippen LogP contribution in [0.15, 0.2) is 12.1 Å². The van der Waals surface area contributed by atoms with Gasteiger partial charge in [0.15, 0.2) is 0 Å². The van der Waals surface area contributed by atoms with Gasteiger partial charge in [-0.1, -0.05) is 20.8 Å². The summed E-state index contributed by atoms with van der Waals surface area (Å²) >= 11 is 0. The number of hydrogen-bond donors (Lipinski definition) is 1. The first kappa shape index (κ1) is 13.8. The highest BCUT2D eigenvalue weighted by molar-refractivity contribution is 5.49. The van der Waals surface area contributed by atoms with E-state index in [4.69, 9.17) is 14.6 Å². The van der Waals surface area contributed by atoms with Crippen LogP contribution in [-0.4, -0.2) is 25.9 Å². The minimum absolute atomic E-state index is 0.00360. The van der Waals surface area contributed by atoms with Crippen LogP contribution in [0.1, 0.15) is 31.9 Å². The van der Waals surface area contributed by atoms with Crippen LogP contribution in [0.2, 0.25) is 0 Å². The highest BCUT2D eigenvalue weighted by atomic mass is 16.5. The van der Waals surface area contributed by atoms with E-state index < -0.39 is 0 Å². The third-order valence-electron chi connectivity index (χ3n) is 2.79. The van der Waals surface area contributed by atoms with Crippen LogP contribution in [0, 0.1) is 0 Å². The predicted octanol–water partition coefficient (Wildman–Crippen LogP) is 2.54. The first-order chi connectivity index (χ1) is 7.93. The molecule has 0 fully saturated rings. The Balaban J connectivity index is 3.33. The molecule has 0 saturated carbocycles. The summed E-state index contributed by atoms with van der Waals surface area (Å²) in [5.74, 6) is 1.66. The SMILES string of the molecule is COc1cc(C(C)(C)C)c(OC)cc1CCO. The molecule has 96 valence electrons. The molecule has 1 aromatic carbocycles. The number of aliphatic hydroxyl groups excluding tert-OH is 1. The van der Waals surface area contributed by atoms with E-state index in [-0.39, 0.29) is 12.0 Å². The van der Waals surface area contributed by atoms with Crippen molar-refractivity contribution in [1.82, 2.24) is 0 Å². The standard InChI is InChI=1S/C14H22O3/c1-14(2,3)11-9-12(16-4)10(6-7-15)8-13(11)17-5/h8-9,15H,6-7H2,1-5H3. The van der Waals surface area contributed by atoms with Crippen molar-refractivity contribution in [3.63, 3.8) is 0 Å². The summed E-state index contributed by atoms with van der Waals surface area (Å²) in [5.41, 5.74) is 2.08. The number of aliphatic hydroxyl groups is 1. The molecule has 1 aromatic rings. The Morgan fingerprint density at radius 1 is 1.06 bits per heavy atom. The molecule has 17 heavy (non-hydrogen) atoms. The molecule has 0 aliphatic carbocycles. The molecule has 3 nitrogen and oxygen atoms in total. The zero-order valence-electron chi connectivity index (χ0n) is 11.3. The average Bonchev–Trinajstić information content (AvgIpc) is 2.27. The third kappa shape index (κ3) is 3.13. The number of rotatable bonds is 4. The van der Waals surface area contributed by atoms with Crippen molar-refractivity contribution < 1.29 is 14.6 Å². The van der Waals surface area contributed by atoms with Gasteiger partial charge in [0, 0.05) is 17.7 Å². The molecule has 0 unspecified atom stereocenters. The molecule has 0 spiro atoms. The predicted molar refractivity (Wildman–Crippen MR) is 69.0 cm³/mol. The highest BCUT2D eigenvalue weighted by Crippen LogP contribution is 2.36. The van der Waals surface area contributed by atoms with Crippen LogP contribution in [0.25, 0.3) is 0 Å². The smallest absolute Gasteiger partial charge is 0.123 e. The van der Waals surface area contributed by atoms with Crippen LogP contribution in [0.3, 0.4) is 0 Å². The number of methoxy groups -OCH3 is 2. The molecule has 0 atom stereocenters. The van der Waals surface area contributed by atoms with E-state index in [0.29, 0.717) is 6.42 Å². The van der Waals surface area contributed by atoms with Crippen LogP contribution < -0.4 is 9.47 Å². The summed E-state index contributed by atoms with van der Waals surface area (Å²) in [7, 11) is 3.31. The Labute approximate surface area is 103 Å². The van der Waals surface area contributed by atoms with E-state index in [2.05, 4.69) is 20.8 Å². The molecule has 0 saturated heterocycles. The van der Waals surface area contributed by atoms with Crippen molar-refractivity contribution in [3.8, 4) is 11.5 Å². The first-order valence-corrected chi connectivity index (χ1v) is 5.80. The highest BCUT2D eigenvalue weighted by Gasteiger charge is 2.21. The lowest BCUT2D eigenvalue weighted by molar-refractivity contribution is 0.296. The van der Waals surface area contributed by atoms with Gasteiger partial charge in [0.25, 0.3) is 0 Å². The van der Waals surface area contributed by atoms with Crippen molar-refractivity contribution in [3.05, 3.63) is 23.3 Å². The summed E-state index contributed by atoms with van der Waals surface area (Å²) in [6.45, 7) is 6.51. The van der Waals surface area contributed by atoms with E-state index >= 15 is 0 Å². The molecule has 0 amide bonds. The molecule has 1 rings (SSSR count). The lowest BCUT2D eigenvalue weighted by Gasteiger charge is -2.24. The van der Waals surface area contributed by atoms with Crippen LogP contribution >= 0.6 is 0 Å². The van der Waals surface area contributed by atoms with Gasteiger partial charge in [-0.3, -0.25) is 0 Å². The minimum Gasteiger partial charge on any atom is -0.496 e. The molecule has 0 aliphatic rings. The maximum Gasteiger partial charge on any atom is 0.123 e. The van der Waals surface area contributed by atoms with Crippen molar-refractivity contribution in [2.24, 2.45) is 0 Å². The Morgan fingerprint density at radius 3 is 2.06 bits per heavy atom. The van der Waals surface area contributed by atoms with Gasteiger partial charge in [0.05, 0.1) is 14.2 Å². The van der Waals surface area contributed by atoms with E-state index in [1.54, 1.807) is 14.2 Å². The fourth-order valence-electron chi connectivity index (χ4n) is 1.86. The topological polar surface area (TPSA) is 38.7 Å². The molecule has 0 heterocycles. The average molecular weight is 238 g/mol. The zero-order chi connectivity index (χ0) is 13.1. The van der Waals surface area contributed by atoms with Crippen LogP contribution in [0.4, 0.5) is 0 Å². The lowest BCUT2D eigenvalue weighted by Crippen LogP contribution is -2.14. The summed E-state index contributed by atoms with van der Waals surface area (Å²) in [4.78, 5) is 0. The molecular weight excluding hydrogens is 216 g/mol. The Hall–Kier alpha value is -1.22. The molecule has 0 bridgehead atoms. The number of hydrogen-bond acceptors (Lipinski definition) is 3. The van der Waals surface area contributed by atoms with Gasteiger partial charge >= 0.3 is 0 Å². The van der Waals surface area contributed by atoms with Gasteiger partial charge < -0.3 is 14.6 Å². The van der Waals surface area contributed by atoms with Gasteiger partial charge in [0.1, 0.15) is 11.5 Å². The summed E-state index contributed by atoms with van der Waals surface area (Å²) in [6, 6.07) is 3.96. The maximum atomic E-state index is 9.04. The van der Waals surface area contributed by atoms with Gasteiger partial charge in [-0.05, 0) is 24.0 Å². The van der Waals surface area contributed by atoms with E-state index in [1.165, 1.54) is 0 Å². The molecule has 0 radical (unpaired) electrons. The number of benzene rings is 1. The van der Waals surface area contributed by atoms with Gasteiger partial charge in [0.2, 0.25) is 0 Å². The molecule has 0 aromatic heterocycles. The molecule has 1 N–H and O–H groups in total. The second-order valence-corrected chi connectivity index (χ2v) is 5.09. The molecule has 3 heteroatoms. The molecular formula is C14H22O3. The lowest BCUT2D eigenvalue weighted by atomic mass is 9.85. The van der Waals surface area contributed by atoms with Crippen molar-refractivity contribution in [2.75, 3.05) is 20.8 Å². The summed E-state index contributed by atoms with van der Waals surface area (Å²) < 4.78 is 10.8. The second kappa shape index (κ2) is 5.41. The van der Waals surface area contributed by atoms with Crippen molar-refractivity contribution in [2.45, 2.75) is 32.6 Å². The fourth-order valence-corrected chi connectivity index (χ4v) is 1.86. The quantitative estimate of drug-likeness (QED) is 0.876. The zero-order valence-corrected chi connectivity index (χ0v) is 11.3. The number of ether oxygens (including phenoxy) is 2. The third-order valence-corrected chi connectivity index (χ3v) is 2.79. The first-order valence-electron chi connectivity index (χ1n) is 5.80. The Bertz CT molecular complexity index is 378. The van der Waals surface area contributed by atoms with Crippen molar-refractivity contribution >= 4 is 0 Å². The maximum absolute atomic E-state index is 9.04. The largest absolute Gasteiger partial charge is 0.496 e. The van der Waals surface area contributed by atoms with Crippen molar-refractivity contribution in [1.29, 1.82) is 0 Å². The van der Waals surface area contributed by atoms with E-state index in [9.17, 15) is 0 Å². The fraction of sp³-hybridized carbons (Fsp3) is 0.571. The summed E-state index contributed by atoms with van der Waals surface area (Å²) in [5, 5.41) is 9.04. The van der Waals surface area contributed by atoms with Crippen LogP contribution in [0.5, 0.6) is 11.5 Å². The van der Waals surface area contributed by atoms with Crippen LogP contribution in [-0.2, 0) is 11.8 Å². The Morgan fingerprint density at radius 2 is 1.65 bits per heavy atom. The minimum atomic E-state index is -0.00360. The monoisotopic (exact) mass is 238 g/mol. The van der Waals surface area contributed by atoms with Gasteiger partial charge in [-0.15, -0.1) is 0 Å². The second-order valence-electron chi connectivity index (χ2n) is 5.09. The normalized spacial score (nSPS) is 11.4. The molecule has 0 aliphatic heterocycles. The van der Waals surface area contributed by atoms with Gasteiger partial charge in [-0.2, -0.15) is 0 Å².